The number of halogens is 1. The number of hydrogen-bond donors (Lipinski definition) is 7. The minimum Gasteiger partial charge on any atom is -0.492 e. The van der Waals surface area contributed by atoms with Crippen LogP contribution in [0.2, 0.25) is 0 Å². The van der Waals surface area contributed by atoms with E-state index in [1.165, 1.54) is 28.4 Å². The molecule has 0 spiro atoms. The normalized spacial score (nSPS) is 36.1. The standard InChI is InChI=1S/C56H80IN3O19S/c1-14-21-33-32(15-2)22-19-17-18-20-23-36(41(33)28(5)59-56(66)71-13)76-55-50(77-38-25-37(67-9)34(26-72-38)58-16-3)45(63)43(29(6)74-55)60-79-39-24-35(61)52(31(8)73-39)80-53(65)40-27(4)42(57)48(51(70-12)47(40)68-10)78-54-46(64)49(69-11)44(62)30(7)75-54/h17-18,21,29-32,34-39,43-46,49-50,52,54-55,58,60-64H,14-16,24-26H2,1-13H3,(H,59,66)/b18-17-,33-21-,41-28-/t29-,30-,31+,32?,34-,35-,36-,37-,38-,39-,43+,44-,45-,46+,49+,50+,52+,54-,55-/m0/s1. The monoisotopic (exact) mass is 1260 g/mol. The second-order valence-electron chi connectivity index (χ2n) is 19.8. The van der Waals surface area contributed by atoms with Crippen LogP contribution in [-0.4, -0.2) is 190 Å². The summed E-state index contributed by atoms with van der Waals surface area (Å²) in [5.74, 6) is 12.6. The van der Waals surface area contributed by atoms with Gasteiger partial charge in [0.1, 0.15) is 36.6 Å². The van der Waals surface area contributed by atoms with E-state index in [-0.39, 0.29) is 53.9 Å². The number of amides is 1. The lowest BCUT2D eigenvalue weighted by Gasteiger charge is -2.46. The van der Waals surface area contributed by atoms with Gasteiger partial charge < -0.3 is 82.6 Å². The number of alkyl carbamates (subject to hydrolysis) is 1. The lowest BCUT2D eigenvalue weighted by molar-refractivity contribution is -0.336. The highest BCUT2D eigenvalue weighted by Gasteiger charge is 2.50. The van der Waals surface area contributed by atoms with Crippen molar-refractivity contribution in [2.24, 2.45) is 5.92 Å². The van der Waals surface area contributed by atoms with Crippen LogP contribution < -0.4 is 30.3 Å². The van der Waals surface area contributed by atoms with Gasteiger partial charge in [0.2, 0.25) is 17.2 Å². The number of nitrogens with one attached hydrogen (secondary N) is 3. The largest absolute Gasteiger partial charge is 0.492 e. The molecule has 1 aliphatic carbocycles. The molecule has 7 N–H and O–H groups in total. The molecule has 1 amide bonds. The van der Waals surface area contributed by atoms with Gasteiger partial charge in [-0.05, 0) is 99.9 Å². The molecule has 24 heteroatoms. The van der Waals surface area contributed by atoms with Crippen LogP contribution in [0.3, 0.4) is 0 Å². The molecule has 1 unspecified atom stereocenters. The average Bonchev–Trinajstić information content (AvgIpc) is 3.48. The van der Waals surface area contributed by atoms with Crippen LogP contribution in [0.25, 0.3) is 0 Å². The van der Waals surface area contributed by atoms with Crippen molar-refractivity contribution < 1.29 is 91.7 Å². The average molecular weight is 1260 g/mol. The van der Waals surface area contributed by atoms with E-state index in [4.69, 9.17) is 61.7 Å². The van der Waals surface area contributed by atoms with Crippen LogP contribution in [0.1, 0.15) is 90.1 Å². The van der Waals surface area contributed by atoms with Gasteiger partial charge in [-0.3, -0.25) is 14.9 Å². The molecular formula is C56H80IN3O19S. The maximum absolute atomic E-state index is 14.4. The zero-order chi connectivity index (χ0) is 58.5. The Morgan fingerprint density at radius 2 is 1.52 bits per heavy atom. The van der Waals surface area contributed by atoms with Crippen molar-refractivity contribution in [3.05, 3.63) is 49.8 Å². The minimum atomic E-state index is -1.41. The predicted molar refractivity (Wildman–Crippen MR) is 301 cm³/mol. The zero-order valence-electron chi connectivity index (χ0n) is 47.6. The van der Waals surface area contributed by atoms with E-state index in [1.807, 2.05) is 49.4 Å². The lowest BCUT2D eigenvalue weighted by Crippen LogP contribution is -2.65. The number of methoxy groups -OCH3 is 5. The quantitative estimate of drug-likeness (QED) is 0.0545. The highest BCUT2D eigenvalue weighted by atomic mass is 127. The van der Waals surface area contributed by atoms with Crippen molar-refractivity contribution >= 4 is 45.6 Å². The Morgan fingerprint density at radius 1 is 0.825 bits per heavy atom. The molecule has 1 aromatic rings. The Kier molecular flexibility index (Phi) is 25.2. The molecule has 0 saturated carbocycles. The molecular weight excluding hydrogens is 1180 g/mol. The topological polar surface area (TPSA) is 271 Å². The molecule has 4 aliphatic heterocycles. The summed E-state index contributed by atoms with van der Waals surface area (Å²) in [6, 6.07) is -1.10. The molecule has 446 valence electrons. The summed E-state index contributed by atoms with van der Waals surface area (Å²) in [5, 5.41) is 50.7. The summed E-state index contributed by atoms with van der Waals surface area (Å²) in [4.78, 5) is 33.3. The number of carbonyl (C=O) groups is 2. The van der Waals surface area contributed by atoms with Gasteiger partial charge in [-0.25, -0.2) is 4.79 Å². The highest BCUT2D eigenvalue weighted by molar-refractivity contribution is 14.1. The molecule has 5 aliphatic rings. The van der Waals surface area contributed by atoms with Crippen LogP contribution in [0.5, 0.6) is 17.2 Å². The Hall–Kier alpha value is -3.62. The van der Waals surface area contributed by atoms with E-state index in [0.717, 1.165) is 17.3 Å². The van der Waals surface area contributed by atoms with Crippen LogP contribution in [0, 0.1) is 40.1 Å². The minimum absolute atomic E-state index is 0.0497. The van der Waals surface area contributed by atoms with E-state index in [9.17, 15) is 30.0 Å². The maximum atomic E-state index is 14.4. The number of benzene rings is 1. The first-order chi connectivity index (χ1) is 38.3. The third kappa shape index (κ3) is 15.4. The van der Waals surface area contributed by atoms with Crippen LogP contribution in [-0.2, 0) is 47.5 Å². The smallest absolute Gasteiger partial charge is 0.411 e. The predicted octanol–water partition coefficient (Wildman–Crippen LogP) is 4.29. The highest BCUT2D eigenvalue weighted by Crippen LogP contribution is 2.49. The summed E-state index contributed by atoms with van der Waals surface area (Å²) >= 11 is 2.87. The fraction of sp³-hybridized carbons (Fsp3) is 0.679. The third-order valence-electron chi connectivity index (χ3n) is 14.6. The van der Waals surface area contributed by atoms with Gasteiger partial charge in [0, 0.05) is 44.2 Å². The van der Waals surface area contributed by atoms with Gasteiger partial charge in [0.15, 0.2) is 30.4 Å². The molecule has 1 aromatic carbocycles. The molecule has 80 heavy (non-hydrogen) atoms. The van der Waals surface area contributed by atoms with E-state index in [0.29, 0.717) is 46.2 Å². The molecule has 0 radical (unpaired) electrons. The first-order valence-electron chi connectivity index (χ1n) is 26.9. The molecule has 4 heterocycles. The van der Waals surface area contributed by atoms with E-state index in [2.05, 4.69) is 39.8 Å². The molecule has 6 rings (SSSR count). The van der Waals surface area contributed by atoms with Crippen molar-refractivity contribution in [2.45, 2.75) is 191 Å². The number of likely N-dealkylation sites (N-methyl/N-ethyl adjacent to an activating group) is 1. The van der Waals surface area contributed by atoms with Crippen molar-refractivity contribution in [3.63, 3.8) is 0 Å². The zero-order valence-corrected chi connectivity index (χ0v) is 50.6. The SMILES string of the molecule is CC/C=C1\C(=C(/C)NC(=O)OC)[C@@H](O[C@@H]2O[C@@H](C)[C@@H](NO[C@H]3C[C@H](O)[C@H](SC(=O)c4c(C)c(I)c(O[C@@H]5O[C@@H](C)[C@H](O)[C@@H](OC)[C@H]5O)c(OC)c4OC)[C@@H](C)O3)[C@H](O)[C@H]2O[C@H]2C[C@H](OC)[C@@H](NCC)CO2)C#C/C=C\C#CC1CC. The van der Waals surface area contributed by atoms with Crippen molar-refractivity contribution in [1.29, 1.82) is 0 Å². The summed E-state index contributed by atoms with van der Waals surface area (Å²) in [7, 11) is 7.01. The Bertz CT molecular complexity index is 2480. The first-order valence-corrected chi connectivity index (χ1v) is 28.8. The van der Waals surface area contributed by atoms with Crippen molar-refractivity contribution in [1.82, 2.24) is 16.1 Å². The summed E-state index contributed by atoms with van der Waals surface area (Å²) in [5.41, 5.74) is 5.31. The number of hydroxylamine groups is 1. The summed E-state index contributed by atoms with van der Waals surface area (Å²) in [6.07, 6.45) is -9.46. The van der Waals surface area contributed by atoms with Crippen molar-refractivity contribution in [3.8, 4) is 40.9 Å². The second-order valence-corrected chi connectivity index (χ2v) is 22.0. The van der Waals surface area contributed by atoms with Crippen LogP contribution in [0.4, 0.5) is 4.79 Å². The molecule has 22 nitrogen and oxygen atoms in total. The van der Waals surface area contributed by atoms with Crippen LogP contribution >= 0.6 is 34.4 Å². The van der Waals surface area contributed by atoms with E-state index >= 15 is 0 Å². The summed E-state index contributed by atoms with van der Waals surface area (Å²) < 4.78 is 72.9. The van der Waals surface area contributed by atoms with Gasteiger partial charge in [-0.1, -0.05) is 62.3 Å². The van der Waals surface area contributed by atoms with E-state index < -0.39 is 109 Å². The third-order valence-corrected chi connectivity index (χ3v) is 17.2. The molecule has 19 atom stereocenters. The molecule has 0 bridgehead atoms. The lowest BCUT2D eigenvalue weighted by atomic mass is 9.85. The fourth-order valence-corrected chi connectivity index (χ4v) is 12.1. The van der Waals surface area contributed by atoms with Gasteiger partial charge in [0.05, 0.1) is 84.9 Å². The summed E-state index contributed by atoms with van der Waals surface area (Å²) in [6.45, 7) is 15.4. The number of hydrogen-bond acceptors (Lipinski definition) is 22. The van der Waals surface area contributed by atoms with Gasteiger partial charge >= 0.3 is 6.09 Å². The van der Waals surface area contributed by atoms with Crippen molar-refractivity contribution in [2.75, 3.05) is 48.7 Å². The van der Waals surface area contributed by atoms with Crippen LogP contribution in [0.15, 0.2) is 35.1 Å². The Morgan fingerprint density at radius 3 is 2.15 bits per heavy atom. The van der Waals surface area contributed by atoms with E-state index in [1.54, 1.807) is 53.9 Å². The number of aliphatic hydroxyl groups excluding tert-OH is 4. The number of ether oxygens (including phenoxy) is 12. The molecule has 4 saturated heterocycles. The number of thioether (sulfide) groups is 1. The van der Waals surface area contributed by atoms with Gasteiger partial charge in [0.25, 0.3) is 0 Å². The molecule has 0 aromatic heterocycles. The number of rotatable bonds is 20. The molecule has 4 fully saturated rings. The first kappa shape index (κ1) is 65.5. The number of carbonyl (C=O) groups excluding carboxylic acids is 2. The maximum Gasteiger partial charge on any atom is 0.411 e. The number of allylic oxidation sites excluding steroid dienone is 4. The Labute approximate surface area is 487 Å². The fourth-order valence-electron chi connectivity index (χ4n) is 10.3. The Balaban J connectivity index is 1.22. The number of aliphatic hydroxyl groups is 4. The van der Waals surface area contributed by atoms with Gasteiger partial charge in [-0.15, -0.1) is 0 Å². The second kappa shape index (κ2) is 30.8. The van der Waals surface area contributed by atoms with Gasteiger partial charge in [-0.2, -0.15) is 5.48 Å².